The van der Waals surface area contributed by atoms with E-state index in [0.717, 1.165) is 44.7 Å². The highest BCUT2D eigenvalue weighted by Gasteiger charge is 2.13. The standard InChI is InChI=1S/C13H23N3O3S/c1-3-6-11-14-15-13(20-10-12(17)18)16(11)7-5-9-19-8-4-2/h3-10H2,1-2H3,(H,17,18). The van der Waals surface area contributed by atoms with E-state index in [2.05, 4.69) is 24.0 Å². The minimum Gasteiger partial charge on any atom is -0.481 e. The molecule has 20 heavy (non-hydrogen) atoms. The summed E-state index contributed by atoms with van der Waals surface area (Å²) in [6, 6.07) is 0. The number of carboxylic acids is 1. The number of thioether (sulfide) groups is 1. The zero-order valence-corrected chi connectivity index (χ0v) is 13.0. The number of carboxylic acid groups (broad SMARTS) is 1. The van der Waals surface area contributed by atoms with Crippen molar-refractivity contribution >= 4 is 17.7 Å². The van der Waals surface area contributed by atoms with E-state index in [1.807, 2.05) is 4.57 Å². The molecule has 0 atom stereocenters. The molecule has 1 aromatic rings. The van der Waals surface area contributed by atoms with Crippen LogP contribution in [0.1, 0.15) is 38.9 Å². The first-order chi connectivity index (χ1) is 9.69. The van der Waals surface area contributed by atoms with E-state index in [1.165, 1.54) is 11.8 Å². The molecule has 0 amide bonds. The summed E-state index contributed by atoms with van der Waals surface area (Å²) in [4.78, 5) is 10.7. The van der Waals surface area contributed by atoms with E-state index in [1.54, 1.807) is 0 Å². The van der Waals surface area contributed by atoms with Crippen LogP contribution in [0.25, 0.3) is 0 Å². The highest BCUT2D eigenvalue weighted by Crippen LogP contribution is 2.18. The van der Waals surface area contributed by atoms with Gasteiger partial charge in [0.15, 0.2) is 5.16 Å². The van der Waals surface area contributed by atoms with Crippen LogP contribution in [0.2, 0.25) is 0 Å². The number of aryl methyl sites for hydroxylation is 1. The lowest BCUT2D eigenvalue weighted by Gasteiger charge is -2.09. The van der Waals surface area contributed by atoms with Crippen molar-refractivity contribution in [2.24, 2.45) is 0 Å². The van der Waals surface area contributed by atoms with Crippen molar-refractivity contribution in [2.45, 2.75) is 51.2 Å². The third kappa shape index (κ3) is 5.92. The maximum atomic E-state index is 10.7. The second-order valence-electron chi connectivity index (χ2n) is 4.45. The van der Waals surface area contributed by atoms with Gasteiger partial charge in [0, 0.05) is 26.2 Å². The zero-order chi connectivity index (χ0) is 14.8. The van der Waals surface area contributed by atoms with E-state index < -0.39 is 5.97 Å². The molecule has 0 aliphatic carbocycles. The number of rotatable bonds is 11. The third-order valence-electron chi connectivity index (χ3n) is 2.61. The Morgan fingerprint density at radius 3 is 2.75 bits per heavy atom. The SMILES string of the molecule is CCCOCCCn1c(CCC)nnc1SCC(=O)O. The smallest absolute Gasteiger partial charge is 0.313 e. The van der Waals surface area contributed by atoms with E-state index >= 15 is 0 Å². The lowest BCUT2D eigenvalue weighted by molar-refractivity contribution is -0.133. The second-order valence-corrected chi connectivity index (χ2v) is 5.39. The molecule has 0 aliphatic heterocycles. The fraction of sp³-hybridized carbons (Fsp3) is 0.769. The average molecular weight is 301 g/mol. The molecule has 1 heterocycles. The predicted octanol–water partition coefficient (Wildman–Crippen LogP) is 2.22. The Morgan fingerprint density at radius 2 is 2.10 bits per heavy atom. The van der Waals surface area contributed by atoms with Crippen LogP contribution in [0, 0.1) is 0 Å². The quantitative estimate of drug-likeness (QED) is 0.499. The van der Waals surface area contributed by atoms with Gasteiger partial charge in [0.2, 0.25) is 0 Å². The summed E-state index contributed by atoms with van der Waals surface area (Å²) >= 11 is 1.22. The van der Waals surface area contributed by atoms with Crippen molar-refractivity contribution in [3.8, 4) is 0 Å². The molecule has 0 bridgehead atoms. The van der Waals surface area contributed by atoms with Crippen LogP contribution in [-0.4, -0.2) is 44.8 Å². The van der Waals surface area contributed by atoms with Gasteiger partial charge in [-0.25, -0.2) is 0 Å². The highest BCUT2D eigenvalue weighted by atomic mass is 32.2. The van der Waals surface area contributed by atoms with Crippen LogP contribution in [0.5, 0.6) is 0 Å². The summed E-state index contributed by atoms with van der Waals surface area (Å²) in [5.41, 5.74) is 0. The highest BCUT2D eigenvalue weighted by molar-refractivity contribution is 7.99. The third-order valence-corrected chi connectivity index (χ3v) is 3.56. The summed E-state index contributed by atoms with van der Waals surface area (Å²) in [5, 5.41) is 17.7. The molecule has 0 radical (unpaired) electrons. The van der Waals surface area contributed by atoms with Gasteiger partial charge < -0.3 is 14.4 Å². The maximum absolute atomic E-state index is 10.7. The number of carbonyl (C=O) groups is 1. The van der Waals surface area contributed by atoms with E-state index in [-0.39, 0.29) is 5.75 Å². The molecule has 6 nitrogen and oxygen atoms in total. The van der Waals surface area contributed by atoms with Crippen molar-refractivity contribution in [1.29, 1.82) is 0 Å². The van der Waals surface area contributed by atoms with Crippen molar-refractivity contribution in [1.82, 2.24) is 14.8 Å². The largest absolute Gasteiger partial charge is 0.481 e. The van der Waals surface area contributed by atoms with Crippen molar-refractivity contribution in [3.05, 3.63) is 5.82 Å². The van der Waals surface area contributed by atoms with Crippen LogP contribution >= 0.6 is 11.8 Å². The fourth-order valence-corrected chi connectivity index (χ4v) is 2.46. The van der Waals surface area contributed by atoms with E-state index in [9.17, 15) is 4.79 Å². The summed E-state index contributed by atoms with van der Waals surface area (Å²) in [6.45, 7) is 6.44. The van der Waals surface area contributed by atoms with Gasteiger partial charge in [-0.3, -0.25) is 4.79 Å². The summed E-state index contributed by atoms with van der Waals surface area (Å²) in [5.74, 6) is 0.0973. The zero-order valence-electron chi connectivity index (χ0n) is 12.2. The number of hydrogen-bond donors (Lipinski definition) is 1. The van der Waals surface area contributed by atoms with Crippen LogP contribution < -0.4 is 0 Å². The number of nitrogens with zero attached hydrogens (tertiary/aromatic N) is 3. The molecule has 0 unspecified atom stereocenters. The van der Waals surface area contributed by atoms with Crippen molar-refractivity contribution < 1.29 is 14.6 Å². The molecule has 1 rings (SSSR count). The molecule has 1 aromatic heterocycles. The first-order valence-corrected chi connectivity index (χ1v) is 8.02. The van der Waals surface area contributed by atoms with Gasteiger partial charge in [-0.2, -0.15) is 0 Å². The molecular weight excluding hydrogens is 278 g/mol. The second kappa shape index (κ2) is 9.77. The molecular formula is C13H23N3O3S. The lowest BCUT2D eigenvalue weighted by Crippen LogP contribution is -2.09. The minimum atomic E-state index is -0.840. The molecule has 0 aliphatic rings. The maximum Gasteiger partial charge on any atom is 0.313 e. The van der Waals surface area contributed by atoms with Gasteiger partial charge in [-0.15, -0.1) is 10.2 Å². The predicted molar refractivity (Wildman–Crippen MR) is 78.1 cm³/mol. The fourth-order valence-electron chi connectivity index (χ4n) is 1.76. The van der Waals surface area contributed by atoms with Crippen molar-refractivity contribution in [3.63, 3.8) is 0 Å². The minimum absolute atomic E-state index is 0.0105. The van der Waals surface area contributed by atoms with Gasteiger partial charge in [0.25, 0.3) is 0 Å². The van der Waals surface area contributed by atoms with Crippen LogP contribution in [0.4, 0.5) is 0 Å². The molecule has 0 aromatic carbocycles. The van der Waals surface area contributed by atoms with Gasteiger partial charge in [0.05, 0.1) is 5.75 Å². The number of aromatic nitrogens is 3. The molecule has 0 saturated heterocycles. The van der Waals surface area contributed by atoms with Gasteiger partial charge in [-0.1, -0.05) is 25.6 Å². The Labute approximate surface area is 123 Å². The Morgan fingerprint density at radius 1 is 1.30 bits per heavy atom. The van der Waals surface area contributed by atoms with Crippen molar-refractivity contribution in [2.75, 3.05) is 19.0 Å². The Hall–Kier alpha value is -1.08. The molecule has 7 heteroatoms. The molecule has 1 N–H and O–H groups in total. The molecule has 0 fully saturated rings. The number of aliphatic carboxylic acids is 1. The Balaban J connectivity index is 2.57. The molecule has 0 saturated carbocycles. The Kier molecular flexibility index (Phi) is 8.29. The van der Waals surface area contributed by atoms with Crippen LogP contribution in [-0.2, 0) is 22.5 Å². The molecule has 114 valence electrons. The summed E-state index contributed by atoms with van der Waals surface area (Å²) in [6.07, 6.45) is 3.76. The van der Waals surface area contributed by atoms with Gasteiger partial charge >= 0.3 is 5.97 Å². The topological polar surface area (TPSA) is 77.2 Å². The monoisotopic (exact) mass is 301 g/mol. The number of hydrogen-bond acceptors (Lipinski definition) is 5. The number of ether oxygens (including phenoxy) is 1. The first-order valence-electron chi connectivity index (χ1n) is 7.03. The summed E-state index contributed by atoms with van der Waals surface area (Å²) in [7, 11) is 0. The Bertz CT molecular complexity index is 410. The van der Waals surface area contributed by atoms with Crippen LogP contribution in [0.3, 0.4) is 0 Å². The normalized spacial score (nSPS) is 10.9. The average Bonchev–Trinajstić information content (AvgIpc) is 2.79. The lowest BCUT2D eigenvalue weighted by atomic mass is 10.3. The van der Waals surface area contributed by atoms with E-state index in [0.29, 0.717) is 11.8 Å². The van der Waals surface area contributed by atoms with Gasteiger partial charge in [0.1, 0.15) is 5.82 Å². The van der Waals surface area contributed by atoms with E-state index in [4.69, 9.17) is 9.84 Å². The van der Waals surface area contributed by atoms with Crippen LogP contribution in [0.15, 0.2) is 5.16 Å². The first kappa shape index (κ1) is 17.0. The van der Waals surface area contributed by atoms with Gasteiger partial charge in [-0.05, 0) is 19.3 Å². The summed E-state index contributed by atoms with van der Waals surface area (Å²) < 4.78 is 7.48. The molecule has 0 spiro atoms.